The normalized spacial score (nSPS) is 14.0. The van der Waals surface area contributed by atoms with Crippen LogP contribution >= 0.6 is 0 Å². The van der Waals surface area contributed by atoms with E-state index in [1.165, 1.54) is 21.7 Å². The van der Waals surface area contributed by atoms with Crippen LogP contribution in [-0.2, 0) is 36.1 Å². The number of rotatable bonds is 9. The van der Waals surface area contributed by atoms with E-state index in [9.17, 15) is 27.6 Å². The van der Waals surface area contributed by atoms with Gasteiger partial charge in [-0.2, -0.15) is 0 Å². The fraction of sp³-hybridized carbons (Fsp3) is 0.379. The van der Waals surface area contributed by atoms with Crippen LogP contribution in [0.25, 0.3) is 5.69 Å². The lowest BCUT2D eigenvalue weighted by atomic mass is 9.97. The summed E-state index contributed by atoms with van der Waals surface area (Å²) in [4.78, 5) is 51.9. The van der Waals surface area contributed by atoms with Gasteiger partial charge in [0.1, 0.15) is 5.69 Å². The van der Waals surface area contributed by atoms with Gasteiger partial charge in [0.05, 0.1) is 34.4 Å². The predicted molar refractivity (Wildman–Crippen MR) is 154 cm³/mol. The number of hydrogen-bond donors (Lipinski definition) is 1. The van der Waals surface area contributed by atoms with Gasteiger partial charge in [0.2, 0.25) is 0 Å². The molecule has 1 aromatic heterocycles. The number of nitrogens with one attached hydrogen (secondary N) is 1. The van der Waals surface area contributed by atoms with Gasteiger partial charge in [-0.05, 0) is 63.4 Å². The lowest BCUT2D eigenvalue weighted by Gasteiger charge is -2.30. The average molecular weight is 599 g/mol. The number of anilines is 1. The first kappa shape index (κ1) is 30.6. The van der Waals surface area contributed by atoms with Crippen molar-refractivity contribution in [3.63, 3.8) is 0 Å². The molecule has 1 N–H and O–H groups in total. The number of sulfonamides is 1. The van der Waals surface area contributed by atoms with Gasteiger partial charge in [-0.25, -0.2) is 17.9 Å². The molecule has 1 saturated heterocycles. The Morgan fingerprint density at radius 2 is 1.67 bits per heavy atom. The minimum Gasteiger partial charge on any atom is -0.466 e. The van der Waals surface area contributed by atoms with E-state index in [0.717, 1.165) is 6.07 Å². The second kappa shape index (κ2) is 12.6. The number of benzene rings is 2. The van der Waals surface area contributed by atoms with E-state index in [2.05, 4.69) is 4.72 Å². The first-order chi connectivity index (χ1) is 19.9. The third-order valence-electron chi connectivity index (χ3n) is 7.32. The number of carbonyl (C=O) groups is 3. The van der Waals surface area contributed by atoms with Crippen LogP contribution in [0, 0.1) is 19.8 Å². The Labute approximate surface area is 243 Å². The molecule has 12 nitrogen and oxygen atoms in total. The second-order valence-corrected chi connectivity index (χ2v) is 11.7. The maximum atomic E-state index is 13.3. The second-order valence-electron chi connectivity index (χ2n) is 10.0. The van der Waals surface area contributed by atoms with Crippen LogP contribution in [0.4, 0.5) is 5.69 Å². The summed E-state index contributed by atoms with van der Waals surface area (Å²) >= 11 is 0. The number of piperidine rings is 1. The summed E-state index contributed by atoms with van der Waals surface area (Å²) in [6.45, 7) is 5.41. The monoisotopic (exact) mass is 598 g/mol. The molecule has 42 heavy (non-hydrogen) atoms. The van der Waals surface area contributed by atoms with Gasteiger partial charge in [0.25, 0.3) is 21.5 Å². The predicted octanol–water partition coefficient (Wildman–Crippen LogP) is 2.55. The van der Waals surface area contributed by atoms with Crippen molar-refractivity contribution in [1.82, 2.24) is 14.3 Å². The summed E-state index contributed by atoms with van der Waals surface area (Å²) in [5, 5.41) is 0. The molecule has 0 spiro atoms. The topological polar surface area (TPSA) is 146 Å². The van der Waals surface area contributed by atoms with Crippen molar-refractivity contribution in [2.24, 2.45) is 13.0 Å². The van der Waals surface area contributed by atoms with Crippen molar-refractivity contribution in [1.29, 1.82) is 0 Å². The Hall–Kier alpha value is -4.39. The molecule has 0 saturated carbocycles. The highest BCUT2D eigenvalue weighted by atomic mass is 32.2. The summed E-state index contributed by atoms with van der Waals surface area (Å²) in [6, 6.07) is 12.7. The number of esters is 2. The Bertz CT molecular complexity index is 1650. The number of amides is 1. The van der Waals surface area contributed by atoms with Gasteiger partial charge in [0, 0.05) is 20.1 Å². The van der Waals surface area contributed by atoms with Gasteiger partial charge in [-0.15, -0.1) is 0 Å². The lowest BCUT2D eigenvalue weighted by Crippen LogP contribution is -2.42. The highest BCUT2D eigenvalue weighted by Gasteiger charge is 2.29. The first-order valence-corrected chi connectivity index (χ1v) is 15.0. The zero-order valence-electron chi connectivity index (χ0n) is 24.0. The summed E-state index contributed by atoms with van der Waals surface area (Å²) in [6.07, 6.45) is 0.920. The number of ether oxygens (including phenoxy) is 2. The van der Waals surface area contributed by atoms with E-state index in [-0.39, 0.29) is 28.0 Å². The van der Waals surface area contributed by atoms with Crippen LogP contribution < -0.4 is 10.3 Å². The molecular weight excluding hydrogens is 564 g/mol. The van der Waals surface area contributed by atoms with Gasteiger partial charge < -0.3 is 14.4 Å². The van der Waals surface area contributed by atoms with E-state index in [1.54, 1.807) is 62.8 Å². The van der Waals surface area contributed by atoms with Crippen molar-refractivity contribution < 1.29 is 32.3 Å². The number of hydrogen-bond acceptors (Lipinski definition) is 8. The zero-order valence-corrected chi connectivity index (χ0v) is 24.8. The highest BCUT2D eigenvalue weighted by molar-refractivity contribution is 7.92. The zero-order chi connectivity index (χ0) is 30.6. The van der Waals surface area contributed by atoms with Gasteiger partial charge in [-0.3, -0.25) is 23.8 Å². The standard InChI is InChI=1S/C29H34N4O8S/c1-5-40-28(36)21-13-15-32(16-14-21)25(34)18-41-29(37)24-17-23(12-11-19(24)2)42(38,39)30-26-20(3)31(4)33(27(26)35)22-9-7-6-8-10-22/h6-12,17,21,30H,5,13-16,18H2,1-4H3. The Morgan fingerprint density at radius 1 is 1.00 bits per heavy atom. The van der Waals surface area contributed by atoms with Crippen molar-refractivity contribution in [2.75, 3.05) is 31.0 Å². The number of aromatic nitrogens is 2. The third-order valence-corrected chi connectivity index (χ3v) is 8.67. The van der Waals surface area contributed by atoms with Crippen LogP contribution in [0.5, 0.6) is 0 Å². The average Bonchev–Trinajstić information content (AvgIpc) is 3.18. The van der Waals surface area contributed by atoms with Crippen LogP contribution in [0.2, 0.25) is 0 Å². The molecule has 1 aliphatic heterocycles. The quantitative estimate of drug-likeness (QED) is 0.370. The van der Waals surface area contributed by atoms with Crippen LogP contribution in [0.1, 0.15) is 41.4 Å². The summed E-state index contributed by atoms with van der Waals surface area (Å²) < 4.78 is 42.2. The molecule has 1 fully saturated rings. The summed E-state index contributed by atoms with van der Waals surface area (Å²) in [7, 11) is -2.63. The molecule has 2 aromatic carbocycles. The van der Waals surface area contributed by atoms with E-state index in [0.29, 0.717) is 49.5 Å². The molecule has 3 aromatic rings. The summed E-state index contributed by atoms with van der Waals surface area (Å²) in [5.41, 5.74) is 0.702. The van der Waals surface area contributed by atoms with E-state index >= 15 is 0 Å². The van der Waals surface area contributed by atoms with Crippen molar-refractivity contribution in [2.45, 2.75) is 38.5 Å². The fourth-order valence-corrected chi connectivity index (χ4v) is 5.93. The highest BCUT2D eigenvalue weighted by Crippen LogP contribution is 2.22. The van der Waals surface area contributed by atoms with Gasteiger partial charge in [-0.1, -0.05) is 24.3 Å². The Balaban J connectivity index is 1.45. The Morgan fingerprint density at radius 3 is 2.31 bits per heavy atom. The molecule has 0 atom stereocenters. The SMILES string of the molecule is CCOC(=O)C1CCN(C(=O)COC(=O)c2cc(S(=O)(=O)Nc3c(C)n(C)n(-c4ccccc4)c3=O)ccc2C)CC1. The van der Waals surface area contributed by atoms with Crippen LogP contribution in [0.3, 0.4) is 0 Å². The van der Waals surface area contributed by atoms with Crippen LogP contribution in [0.15, 0.2) is 58.2 Å². The fourth-order valence-electron chi connectivity index (χ4n) is 4.79. The molecule has 1 amide bonds. The van der Waals surface area contributed by atoms with Crippen molar-refractivity contribution >= 4 is 33.6 Å². The van der Waals surface area contributed by atoms with E-state index in [1.807, 2.05) is 0 Å². The minimum atomic E-state index is -4.28. The number of carbonyl (C=O) groups excluding carboxylic acids is 3. The third kappa shape index (κ3) is 6.40. The van der Waals surface area contributed by atoms with E-state index in [4.69, 9.17) is 9.47 Å². The van der Waals surface area contributed by atoms with Gasteiger partial charge in [0.15, 0.2) is 6.61 Å². The number of likely N-dealkylation sites (tertiary alicyclic amines) is 1. The molecule has 1 aliphatic rings. The molecule has 0 unspecified atom stereocenters. The molecule has 0 aliphatic carbocycles. The van der Waals surface area contributed by atoms with Crippen molar-refractivity contribution in [3.05, 3.63) is 75.7 Å². The minimum absolute atomic E-state index is 0.0295. The number of para-hydroxylation sites is 1. The Kier molecular flexibility index (Phi) is 9.20. The molecule has 2 heterocycles. The van der Waals surface area contributed by atoms with Gasteiger partial charge >= 0.3 is 11.9 Å². The molecular formula is C29H34N4O8S. The lowest BCUT2D eigenvalue weighted by molar-refractivity contribution is -0.151. The molecule has 13 heteroatoms. The molecule has 0 bridgehead atoms. The molecule has 4 rings (SSSR count). The van der Waals surface area contributed by atoms with Crippen LogP contribution in [-0.4, -0.2) is 66.8 Å². The van der Waals surface area contributed by atoms with E-state index < -0.39 is 34.1 Å². The molecule has 224 valence electrons. The number of nitrogens with zero attached hydrogens (tertiary/aromatic N) is 3. The smallest absolute Gasteiger partial charge is 0.338 e. The maximum absolute atomic E-state index is 13.3. The first-order valence-electron chi connectivity index (χ1n) is 13.5. The largest absolute Gasteiger partial charge is 0.466 e. The maximum Gasteiger partial charge on any atom is 0.338 e. The summed E-state index contributed by atoms with van der Waals surface area (Å²) in [5.74, 6) is -1.82. The number of aryl methyl sites for hydroxylation is 1. The van der Waals surface area contributed by atoms with Crippen molar-refractivity contribution in [3.8, 4) is 5.69 Å². The molecule has 0 radical (unpaired) electrons.